The van der Waals surface area contributed by atoms with E-state index in [1.165, 1.54) is 11.1 Å². The number of pyridine rings is 1. The molecule has 0 amide bonds. The maximum Gasteiger partial charge on any atom is 0.416 e. The number of hydrogen-bond donors (Lipinski definition) is 0. The first-order valence-electron chi connectivity index (χ1n) is 22.9. The monoisotopic (exact) mass is 1170 g/mol. The van der Waals surface area contributed by atoms with Crippen LogP contribution in [0.1, 0.15) is 80.3 Å². The van der Waals surface area contributed by atoms with Crippen molar-refractivity contribution in [3.05, 3.63) is 195 Å². The summed E-state index contributed by atoms with van der Waals surface area (Å²) < 4.78 is 343. The molecule has 0 bridgehead atoms. The number of halogens is 24. The number of aryl methyl sites for hydroxylation is 1. The van der Waals surface area contributed by atoms with Crippen LogP contribution in [0.5, 0.6) is 0 Å². The molecule has 27 heteroatoms. The molecule has 7 rings (SSSR count). The van der Waals surface area contributed by atoms with Crippen LogP contribution < -0.4 is 26.4 Å². The predicted octanol–water partition coefficient (Wildman–Crippen LogP) is 15.6. The number of para-hydroxylation sites is 1. The molecule has 6 aromatic carbocycles. The Morgan fingerprint density at radius 3 is 0.950 bits per heavy atom. The van der Waals surface area contributed by atoms with Crippen molar-refractivity contribution >= 4 is 44.7 Å². The zero-order chi connectivity index (χ0) is 60.0. The summed E-state index contributed by atoms with van der Waals surface area (Å²) in [6.07, 6.45) is -51.5. The van der Waals surface area contributed by atoms with Gasteiger partial charge in [0.2, 0.25) is 17.8 Å². The van der Waals surface area contributed by atoms with E-state index in [0.717, 1.165) is 30.3 Å². The topological polar surface area (TPSA) is 20.9 Å². The second kappa shape index (κ2) is 22.0. The molecule has 0 aliphatic rings. The van der Waals surface area contributed by atoms with Crippen LogP contribution in [0.4, 0.5) is 105 Å². The highest BCUT2D eigenvalue weighted by atomic mass is 19.4. The quantitative estimate of drug-likeness (QED) is 0.0579. The van der Waals surface area contributed by atoms with Crippen LogP contribution in [0.25, 0.3) is 10.9 Å². The molecule has 0 fully saturated rings. The van der Waals surface area contributed by atoms with Crippen molar-refractivity contribution in [3.8, 4) is 0 Å². The second-order valence-electron chi connectivity index (χ2n) is 18.1. The van der Waals surface area contributed by atoms with Gasteiger partial charge in [-0.15, -0.1) is 0 Å². The maximum absolute atomic E-state index is 14.2. The summed E-state index contributed by atoms with van der Waals surface area (Å²) in [5.41, 5.74) is -27.1. The van der Waals surface area contributed by atoms with Gasteiger partial charge in [0, 0.05) is 29.5 Å². The lowest BCUT2D eigenvalue weighted by molar-refractivity contribution is -0.664. The lowest BCUT2D eigenvalue weighted by Crippen LogP contribution is -2.75. The van der Waals surface area contributed by atoms with E-state index in [-0.39, 0.29) is 5.78 Å². The molecule has 428 valence electrons. The molecule has 0 unspecified atom stereocenters. The number of unbranched alkanes of at least 4 members (excludes halogenated alkanes) is 1. The van der Waals surface area contributed by atoms with Gasteiger partial charge in [0.1, 0.15) is 6.15 Å². The molecule has 0 saturated carbocycles. The van der Waals surface area contributed by atoms with Gasteiger partial charge in [-0.05, 0) is 42.8 Å². The number of carbonyl (C=O) groups excluding carboxylic acids is 1. The molecule has 80 heavy (non-hydrogen) atoms. The summed E-state index contributed by atoms with van der Waals surface area (Å²) in [5, 5.41) is 1.17. The van der Waals surface area contributed by atoms with Crippen molar-refractivity contribution in [1.29, 1.82) is 0 Å². The highest BCUT2D eigenvalue weighted by Crippen LogP contribution is 2.41. The lowest BCUT2D eigenvalue weighted by Gasteiger charge is -2.46. The average molecular weight is 1170 g/mol. The predicted molar refractivity (Wildman–Crippen MR) is 244 cm³/mol. The highest BCUT2D eigenvalue weighted by Gasteiger charge is 2.47. The first kappa shape index (κ1) is 62.0. The van der Waals surface area contributed by atoms with Crippen LogP contribution in [-0.4, -0.2) is 11.9 Å². The van der Waals surface area contributed by atoms with Crippen molar-refractivity contribution in [3.63, 3.8) is 0 Å². The number of nitrogens with zero attached hydrogens (tertiary/aromatic N) is 1. The van der Waals surface area contributed by atoms with E-state index in [1.54, 1.807) is 0 Å². The van der Waals surface area contributed by atoms with Gasteiger partial charge in [-0.1, -0.05) is 104 Å². The molecule has 0 aliphatic carbocycles. The van der Waals surface area contributed by atoms with Crippen LogP contribution in [0.15, 0.2) is 140 Å². The fourth-order valence-corrected chi connectivity index (χ4v) is 9.00. The van der Waals surface area contributed by atoms with Crippen molar-refractivity contribution < 1.29 is 115 Å². The molecular weight excluding hydrogens is 1130 g/mol. The zero-order valence-corrected chi connectivity index (χ0v) is 40.1. The third kappa shape index (κ3) is 14.0. The molecule has 1 heterocycles. The number of aromatic nitrogens is 1. The van der Waals surface area contributed by atoms with Gasteiger partial charge in [0.25, 0.3) is 0 Å². The molecule has 1 aromatic heterocycles. The van der Waals surface area contributed by atoms with E-state index in [2.05, 4.69) is 35.8 Å². The van der Waals surface area contributed by atoms with Crippen molar-refractivity contribution in [2.45, 2.75) is 82.1 Å². The Hall–Kier alpha value is -7.22. The summed E-state index contributed by atoms with van der Waals surface area (Å²) in [6.45, 7) is 2.59. The number of carbonyl (C=O) groups is 1. The molecule has 0 spiro atoms. The third-order valence-corrected chi connectivity index (χ3v) is 12.7. The Kier molecular flexibility index (Phi) is 17.1. The lowest BCUT2D eigenvalue weighted by atomic mass is 9.12. The standard InChI is InChI=1S/C32H12BF24.C21H22NO/c34-25(35,36)13-1-14(26(37,38)39)6-21(5-13)33(22-7-15(27(40,41)42)2-16(8-22)28(43,44)45,23-9-17(29(46,47)48)3-18(10-23)30(49,50)51)24-11-19(31(52,53)54)4-20(12-24)32(55,56)57;1-2-3-12-19-15-14-17-9-7-8-13-20(17)22(19)16-21(23)18-10-5-4-6-11-18/h1-12H;4-11,13-15H,2-3,12,16H2,1H3/q-1;+1. The highest BCUT2D eigenvalue weighted by molar-refractivity contribution is 7.20. The molecule has 0 radical (unpaired) electrons. The van der Waals surface area contributed by atoms with Crippen molar-refractivity contribution in [1.82, 2.24) is 0 Å². The summed E-state index contributed by atoms with van der Waals surface area (Å²) in [7, 11) is 0. The summed E-state index contributed by atoms with van der Waals surface area (Å²) in [5.74, 6) is 0.157. The van der Waals surface area contributed by atoms with Crippen LogP contribution in [0.2, 0.25) is 0 Å². The smallest absolute Gasteiger partial charge is 0.287 e. The number of rotatable bonds is 10. The van der Waals surface area contributed by atoms with Gasteiger partial charge in [-0.2, -0.15) is 132 Å². The van der Waals surface area contributed by atoms with Gasteiger partial charge in [-0.3, -0.25) is 4.79 Å². The summed E-state index contributed by atoms with van der Waals surface area (Å²) >= 11 is 0. The maximum atomic E-state index is 14.2. The molecule has 0 N–H and O–H groups in total. The Balaban J connectivity index is 0.000000370. The summed E-state index contributed by atoms with van der Waals surface area (Å²) in [4.78, 5) is 12.7. The van der Waals surface area contributed by atoms with E-state index in [1.807, 2.05) is 42.5 Å². The fraction of sp³-hybridized carbons (Fsp3) is 0.245. The van der Waals surface area contributed by atoms with Crippen molar-refractivity contribution in [2.75, 3.05) is 0 Å². The molecule has 0 aliphatic heterocycles. The van der Waals surface area contributed by atoms with Crippen LogP contribution in [0.3, 0.4) is 0 Å². The second-order valence-corrected chi connectivity index (χ2v) is 18.1. The van der Waals surface area contributed by atoms with E-state index in [9.17, 15) is 110 Å². The average Bonchev–Trinajstić information content (AvgIpc) is 3.48. The Morgan fingerprint density at radius 1 is 0.375 bits per heavy atom. The number of Topliss-reactive ketones (excluding diaryl/α,β-unsaturated/α-hetero) is 1. The minimum atomic E-state index is -6.13. The number of benzene rings is 6. The minimum Gasteiger partial charge on any atom is -0.287 e. The normalized spacial score (nSPS) is 13.3. The third-order valence-electron chi connectivity index (χ3n) is 12.7. The van der Waals surface area contributed by atoms with E-state index in [4.69, 9.17) is 0 Å². The number of fused-ring (bicyclic) bond motifs is 1. The van der Waals surface area contributed by atoms with Crippen LogP contribution >= 0.6 is 0 Å². The van der Waals surface area contributed by atoms with Gasteiger partial charge in [-0.25, -0.2) is 0 Å². The molecule has 0 atom stereocenters. The number of alkyl halides is 24. The number of ketones is 1. The Morgan fingerprint density at radius 2 is 0.662 bits per heavy atom. The Bertz CT molecular complexity index is 2930. The van der Waals surface area contributed by atoms with Crippen LogP contribution in [-0.2, 0) is 62.4 Å². The van der Waals surface area contributed by atoms with E-state index in [0.29, 0.717) is 6.54 Å². The van der Waals surface area contributed by atoms with Gasteiger partial charge in [0.05, 0.1) is 44.5 Å². The minimum absolute atomic E-state index is 0.157. The van der Waals surface area contributed by atoms with Crippen LogP contribution in [0, 0.1) is 0 Å². The molecule has 7 aromatic rings. The molecule has 0 saturated heterocycles. The summed E-state index contributed by atoms with van der Waals surface area (Å²) in [6, 6.07) is 13.3. The van der Waals surface area contributed by atoms with E-state index < -0.39 is 195 Å². The number of hydrogen-bond acceptors (Lipinski definition) is 1. The largest absolute Gasteiger partial charge is 0.416 e. The van der Waals surface area contributed by atoms with Gasteiger partial charge >= 0.3 is 49.4 Å². The fourth-order valence-electron chi connectivity index (χ4n) is 9.00. The van der Waals surface area contributed by atoms with Gasteiger partial charge in [0.15, 0.2) is 5.69 Å². The first-order chi connectivity index (χ1) is 36.6. The molecular formula is C53H34BF24NO. The Labute approximate surface area is 436 Å². The van der Waals surface area contributed by atoms with E-state index >= 15 is 0 Å². The zero-order valence-electron chi connectivity index (χ0n) is 40.1. The first-order valence-corrected chi connectivity index (χ1v) is 22.9. The molecule has 2 nitrogen and oxygen atoms in total. The van der Waals surface area contributed by atoms with Gasteiger partial charge < -0.3 is 0 Å². The van der Waals surface area contributed by atoms with Crippen molar-refractivity contribution in [2.24, 2.45) is 0 Å². The SMILES string of the molecule is CCCCc1ccc2ccccc2[n+]1CC(=O)c1ccccc1.FC(F)(F)c1cc([B-](c2cc(C(F)(F)F)cc(C(F)(F)F)c2)(c2cc(C(F)(F)F)cc(C(F)(F)F)c2)c2cc(C(F)(F)F)cc(C(F)(F)F)c2)cc(C(F)(F)F)c1.